The first-order chi connectivity index (χ1) is 16.0. The Morgan fingerprint density at radius 2 is 1.79 bits per heavy atom. The first-order valence-corrected chi connectivity index (χ1v) is 10.5. The van der Waals surface area contributed by atoms with Crippen LogP contribution < -0.4 is 10.6 Å². The molecule has 2 N–H and O–H groups in total. The van der Waals surface area contributed by atoms with Crippen molar-refractivity contribution in [3.63, 3.8) is 0 Å². The van der Waals surface area contributed by atoms with Crippen LogP contribution in [0.15, 0.2) is 30.3 Å². The zero-order valence-corrected chi connectivity index (χ0v) is 17.7. The molecule has 11 heteroatoms. The second-order valence-corrected chi connectivity index (χ2v) is 8.61. The molecule has 2 aromatic rings. The molecule has 3 atom stereocenters. The highest BCUT2D eigenvalue weighted by atomic mass is 19.4. The minimum atomic E-state index is -4.66. The molecule has 0 spiro atoms. The summed E-state index contributed by atoms with van der Waals surface area (Å²) in [6.45, 7) is 0.615. The highest BCUT2D eigenvalue weighted by molar-refractivity contribution is 5.78. The number of fused-ring (bicyclic) bond motifs is 2. The average molecular weight is 482 g/mol. The molecule has 4 rings (SSSR count). The van der Waals surface area contributed by atoms with Gasteiger partial charge in [0.15, 0.2) is 11.6 Å². The largest absolute Gasteiger partial charge is 0.417 e. The maximum Gasteiger partial charge on any atom is 0.417 e. The number of carbonyl (C=O) groups is 1. The number of nitrogens with zero attached hydrogens (tertiary/aromatic N) is 3. The quantitative estimate of drug-likeness (QED) is 0.521. The Balaban J connectivity index is 1.40. The molecule has 2 aliphatic rings. The molecule has 2 unspecified atom stereocenters. The highest BCUT2D eigenvalue weighted by Crippen LogP contribution is 2.39. The van der Waals surface area contributed by atoms with E-state index in [4.69, 9.17) is 11.0 Å². The maximum absolute atomic E-state index is 13.9. The van der Waals surface area contributed by atoms with Gasteiger partial charge in [-0.15, -0.1) is 0 Å². The van der Waals surface area contributed by atoms with Crippen molar-refractivity contribution in [2.75, 3.05) is 18.0 Å². The van der Waals surface area contributed by atoms with Crippen molar-refractivity contribution in [1.29, 1.82) is 5.26 Å². The van der Waals surface area contributed by atoms with Crippen LogP contribution in [0.2, 0.25) is 0 Å². The van der Waals surface area contributed by atoms with Crippen LogP contribution in [0.1, 0.15) is 29.5 Å². The van der Waals surface area contributed by atoms with Gasteiger partial charge in [0.05, 0.1) is 23.2 Å². The van der Waals surface area contributed by atoms with Crippen molar-refractivity contribution in [1.82, 2.24) is 4.90 Å². The Hall–Kier alpha value is -3.26. The summed E-state index contributed by atoms with van der Waals surface area (Å²) in [7, 11) is 0. The number of rotatable bonds is 5. The highest BCUT2D eigenvalue weighted by Gasteiger charge is 2.46. The van der Waals surface area contributed by atoms with Gasteiger partial charge in [-0.1, -0.05) is 0 Å². The van der Waals surface area contributed by atoms with E-state index in [0.717, 1.165) is 18.2 Å². The maximum atomic E-state index is 13.9. The number of halogens is 6. The van der Waals surface area contributed by atoms with Gasteiger partial charge in [-0.3, -0.25) is 4.79 Å². The van der Waals surface area contributed by atoms with E-state index in [-0.39, 0.29) is 42.9 Å². The Bertz CT molecular complexity index is 1160. The van der Waals surface area contributed by atoms with Crippen LogP contribution in [0.5, 0.6) is 0 Å². The molecular formula is C23H20F6N4O. The summed E-state index contributed by atoms with van der Waals surface area (Å²) in [4.78, 5) is 16.2. The molecule has 5 nitrogen and oxygen atoms in total. The van der Waals surface area contributed by atoms with Crippen LogP contribution in [0.4, 0.5) is 32.0 Å². The van der Waals surface area contributed by atoms with E-state index in [1.54, 1.807) is 15.9 Å². The summed E-state index contributed by atoms with van der Waals surface area (Å²) < 4.78 is 80.2. The first kappa shape index (κ1) is 23.9. The summed E-state index contributed by atoms with van der Waals surface area (Å²) >= 11 is 0. The number of piperazine rings is 1. The fourth-order valence-electron chi connectivity index (χ4n) is 4.75. The predicted octanol–water partition coefficient (Wildman–Crippen LogP) is 3.74. The topological polar surface area (TPSA) is 73.4 Å². The van der Waals surface area contributed by atoms with Crippen molar-refractivity contribution in [2.45, 2.75) is 43.6 Å². The van der Waals surface area contributed by atoms with E-state index in [2.05, 4.69) is 0 Å². The number of nitriles is 1. The third kappa shape index (κ3) is 4.55. The Morgan fingerprint density at radius 1 is 1.09 bits per heavy atom. The SMILES string of the molecule is N#Cc1ccc(N2CC3CC2CN3C(=O)C[C@H](N)Cc2cc(F)c(F)cc2F)cc1C(F)(F)F. The predicted molar refractivity (Wildman–Crippen MR) is 110 cm³/mol. The van der Waals surface area contributed by atoms with E-state index < -0.39 is 40.8 Å². The van der Waals surface area contributed by atoms with Crippen molar-refractivity contribution >= 4 is 11.6 Å². The monoisotopic (exact) mass is 482 g/mol. The number of nitrogens with two attached hydrogens (primary N) is 1. The second-order valence-electron chi connectivity index (χ2n) is 8.61. The molecule has 180 valence electrons. The van der Waals surface area contributed by atoms with Gasteiger partial charge in [0.2, 0.25) is 5.91 Å². The summed E-state index contributed by atoms with van der Waals surface area (Å²) in [6, 6.07) is 5.03. The molecule has 0 radical (unpaired) electrons. The summed E-state index contributed by atoms with van der Waals surface area (Å²) in [5, 5.41) is 8.97. The van der Waals surface area contributed by atoms with Gasteiger partial charge in [0.1, 0.15) is 5.82 Å². The molecule has 2 aromatic carbocycles. The second kappa shape index (κ2) is 8.83. The smallest absolute Gasteiger partial charge is 0.365 e. The van der Waals surface area contributed by atoms with Gasteiger partial charge in [-0.25, -0.2) is 13.2 Å². The Labute approximate surface area is 191 Å². The van der Waals surface area contributed by atoms with E-state index >= 15 is 0 Å². The fourth-order valence-corrected chi connectivity index (χ4v) is 4.75. The lowest BCUT2D eigenvalue weighted by atomic mass is 10.0. The normalized spacial score (nSPS) is 20.5. The fraction of sp³-hybridized carbons (Fsp3) is 0.391. The number of alkyl halides is 3. The van der Waals surface area contributed by atoms with E-state index in [1.165, 1.54) is 6.07 Å². The third-order valence-electron chi connectivity index (χ3n) is 6.33. The lowest BCUT2D eigenvalue weighted by molar-refractivity contribution is -0.137. The molecule has 2 saturated heterocycles. The van der Waals surface area contributed by atoms with Gasteiger partial charge in [-0.05, 0) is 42.7 Å². The zero-order chi connectivity index (χ0) is 24.8. The zero-order valence-electron chi connectivity index (χ0n) is 17.7. The standard InChI is InChI=1S/C23H20F6N4O/c24-19-8-21(26)20(25)4-13(19)3-14(31)5-22(34)33-11-16-6-17(33)10-32(16)15-2-1-12(9-30)18(7-15)23(27,28)29/h1-2,4,7-8,14,16-17H,3,5-6,10-11,31H2/t14-,16?,17?/m1/s1. The van der Waals surface area contributed by atoms with Crippen LogP contribution in [-0.4, -0.2) is 42.0 Å². The van der Waals surface area contributed by atoms with E-state index in [0.29, 0.717) is 24.7 Å². The Morgan fingerprint density at radius 3 is 2.41 bits per heavy atom. The minimum Gasteiger partial charge on any atom is -0.365 e. The van der Waals surface area contributed by atoms with Crippen LogP contribution in [0.3, 0.4) is 0 Å². The molecule has 0 saturated carbocycles. The van der Waals surface area contributed by atoms with Crippen LogP contribution in [-0.2, 0) is 17.4 Å². The van der Waals surface area contributed by atoms with Crippen LogP contribution >= 0.6 is 0 Å². The number of anilines is 1. The van der Waals surface area contributed by atoms with E-state index in [9.17, 15) is 31.1 Å². The first-order valence-electron chi connectivity index (χ1n) is 10.5. The summed E-state index contributed by atoms with van der Waals surface area (Å²) in [5.41, 5.74) is 4.70. The average Bonchev–Trinajstić information content (AvgIpc) is 3.37. The van der Waals surface area contributed by atoms with Crippen LogP contribution in [0, 0.1) is 28.8 Å². The molecule has 0 aliphatic carbocycles. The third-order valence-corrected chi connectivity index (χ3v) is 6.33. The van der Waals surface area contributed by atoms with Gasteiger partial charge in [0, 0.05) is 43.3 Å². The lowest BCUT2D eigenvalue weighted by Crippen LogP contribution is -2.50. The van der Waals surface area contributed by atoms with Gasteiger partial charge >= 0.3 is 6.18 Å². The number of benzene rings is 2. The summed E-state index contributed by atoms with van der Waals surface area (Å²) in [5.74, 6) is -3.76. The molecule has 0 aromatic heterocycles. The molecule has 2 aliphatic heterocycles. The minimum absolute atomic E-state index is 0.130. The number of amides is 1. The molecular weight excluding hydrogens is 462 g/mol. The molecule has 2 bridgehead atoms. The molecule has 34 heavy (non-hydrogen) atoms. The van der Waals surface area contributed by atoms with Crippen molar-refractivity contribution < 1.29 is 31.1 Å². The van der Waals surface area contributed by atoms with Gasteiger partial charge in [-0.2, -0.15) is 18.4 Å². The molecule has 2 heterocycles. The molecule has 1 amide bonds. The molecule has 2 fully saturated rings. The van der Waals surface area contributed by atoms with E-state index in [1.807, 2.05) is 0 Å². The summed E-state index contributed by atoms with van der Waals surface area (Å²) in [6.07, 6.45) is -4.39. The van der Waals surface area contributed by atoms with Crippen molar-refractivity contribution in [3.8, 4) is 6.07 Å². The number of hydrogen-bond acceptors (Lipinski definition) is 4. The number of carbonyl (C=O) groups excluding carboxylic acids is 1. The van der Waals surface area contributed by atoms with Gasteiger partial charge in [0.25, 0.3) is 0 Å². The number of hydrogen-bond donors (Lipinski definition) is 1. The van der Waals surface area contributed by atoms with Gasteiger partial charge < -0.3 is 15.5 Å². The van der Waals surface area contributed by atoms with Crippen LogP contribution in [0.25, 0.3) is 0 Å². The Kier molecular flexibility index (Phi) is 6.20. The van der Waals surface area contributed by atoms with Crippen molar-refractivity contribution in [3.05, 3.63) is 64.5 Å². The van der Waals surface area contributed by atoms with Crippen molar-refractivity contribution in [2.24, 2.45) is 5.73 Å². The lowest BCUT2D eigenvalue weighted by Gasteiger charge is -2.36. The number of likely N-dealkylation sites (tertiary alicyclic amines) is 1.